The molecule has 0 bridgehead atoms. The number of carboxylic acids is 1. The Morgan fingerprint density at radius 3 is 2.30 bits per heavy atom. The summed E-state index contributed by atoms with van der Waals surface area (Å²) < 4.78 is 38.1. The topological polar surface area (TPSA) is 60.9 Å². The molecular formula is C15H17F3N2O3. The third-order valence-corrected chi connectivity index (χ3v) is 3.94. The second kappa shape index (κ2) is 6.57. The predicted octanol–water partition coefficient (Wildman–Crippen LogP) is 1.94. The maximum absolute atomic E-state index is 12.7. The van der Waals surface area contributed by atoms with Gasteiger partial charge in [-0.15, -0.1) is 0 Å². The van der Waals surface area contributed by atoms with E-state index in [9.17, 15) is 22.8 Å². The highest BCUT2D eigenvalue weighted by atomic mass is 19.4. The number of halogens is 3. The second-order valence-corrected chi connectivity index (χ2v) is 5.42. The van der Waals surface area contributed by atoms with E-state index in [0.29, 0.717) is 13.1 Å². The van der Waals surface area contributed by atoms with Gasteiger partial charge in [-0.3, -0.25) is 14.5 Å². The molecule has 0 aromatic heterocycles. The van der Waals surface area contributed by atoms with Crippen LogP contribution in [-0.4, -0.2) is 59.0 Å². The Morgan fingerprint density at radius 1 is 1.17 bits per heavy atom. The molecule has 1 amide bonds. The number of nitrogens with zero attached hydrogens (tertiary/aromatic N) is 2. The zero-order valence-electron chi connectivity index (χ0n) is 12.5. The Bertz CT molecular complexity index is 596. The van der Waals surface area contributed by atoms with E-state index in [1.54, 1.807) is 11.8 Å². The third-order valence-electron chi connectivity index (χ3n) is 3.94. The number of carbonyl (C=O) groups excluding carboxylic acids is 1. The van der Waals surface area contributed by atoms with Gasteiger partial charge in [0.25, 0.3) is 5.91 Å². The van der Waals surface area contributed by atoms with Gasteiger partial charge >= 0.3 is 12.1 Å². The van der Waals surface area contributed by atoms with E-state index < -0.39 is 29.7 Å². The van der Waals surface area contributed by atoms with Gasteiger partial charge in [0, 0.05) is 31.7 Å². The zero-order chi connectivity index (χ0) is 17.2. The number of alkyl halides is 3. The van der Waals surface area contributed by atoms with Gasteiger partial charge < -0.3 is 10.0 Å². The average Bonchev–Trinajstić information content (AvgIpc) is 2.53. The SMILES string of the molecule is CC(C(=O)O)N1CCN(C(=O)c2cccc(C(F)(F)F)c2)CC1. The van der Waals surface area contributed by atoms with Crippen LogP contribution in [0.2, 0.25) is 0 Å². The summed E-state index contributed by atoms with van der Waals surface area (Å²) in [6.45, 7) is 2.88. The number of hydrogen-bond donors (Lipinski definition) is 1. The summed E-state index contributed by atoms with van der Waals surface area (Å²) in [5.74, 6) is -1.42. The lowest BCUT2D eigenvalue weighted by Gasteiger charge is -2.36. The molecule has 2 rings (SSSR count). The van der Waals surface area contributed by atoms with Crippen molar-refractivity contribution in [2.75, 3.05) is 26.2 Å². The first kappa shape index (κ1) is 17.3. The minimum Gasteiger partial charge on any atom is -0.480 e. The van der Waals surface area contributed by atoms with Crippen molar-refractivity contribution in [3.63, 3.8) is 0 Å². The molecule has 0 aliphatic carbocycles. The first-order valence-electron chi connectivity index (χ1n) is 7.13. The highest BCUT2D eigenvalue weighted by Gasteiger charge is 2.32. The van der Waals surface area contributed by atoms with Crippen molar-refractivity contribution in [2.45, 2.75) is 19.1 Å². The van der Waals surface area contributed by atoms with Gasteiger partial charge in [0.15, 0.2) is 0 Å². The van der Waals surface area contributed by atoms with E-state index in [-0.39, 0.29) is 18.7 Å². The van der Waals surface area contributed by atoms with Crippen molar-refractivity contribution in [3.8, 4) is 0 Å². The maximum Gasteiger partial charge on any atom is 0.416 e. The minimum atomic E-state index is -4.49. The number of carbonyl (C=O) groups is 2. The Balaban J connectivity index is 2.04. The van der Waals surface area contributed by atoms with E-state index >= 15 is 0 Å². The number of piperazine rings is 1. The lowest BCUT2D eigenvalue weighted by Crippen LogP contribution is -2.53. The van der Waals surface area contributed by atoms with E-state index in [1.165, 1.54) is 17.0 Å². The number of hydrogen-bond acceptors (Lipinski definition) is 3. The fraction of sp³-hybridized carbons (Fsp3) is 0.467. The van der Waals surface area contributed by atoms with E-state index in [4.69, 9.17) is 5.11 Å². The van der Waals surface area contributed by atoms with Gasteiger partial charge in [-0.1, -0.05) is 6.07 Å². The lowest BCUT2D eigenvalue weighted by atomic mass is 10.1. The number of rotatable bonds is 3. The second-order valence-electron chi connectivity index (χ2n) is 5.42. The molecule has 5 nitrogen and oxygen atoms in total. The van der Waals surface area contributed by atoms with Crippen molar-refractivity contribution < 1.29 is 27.9 Å². The summed E-state index contributed by atoms with van der Waals surface area (Å²) in [5, 5.41) is 8.97. The Hall–Kier alpha value is -2.09. The summed E-state index contributed by atoms with van der Waals surface area (Å²) in [4.78, 5) is 26.4. The largest absolute Gasteiger partial charge is 0.480 e. The van der Waals surface area contributed by atoms with Crippen molar-refractivity contribution in [3.05, 3.63) is 35.4 Å². The van der Waals surface area contributed by atoms with Gasteiger partial charge in [-0.2, -0.15) is 13.2 Å². The first-order chi connectivity index (χ1) is 10.7. The van der Waals surface area contributed by atoms with Crippen LogP contribution in [0.3, 0.4) is 0 Å². The van der Waals surface area contributed by atoms with Gasteiger partial charge in [0.1, 0.15) is 6.04 Å². The summed E-state index contributed by atoms with van der Waals surface area (Å²) in [7, 11) is 0. The highest BCUT2D eigenvalue weighted by molar-refractivity contribution is 5.94. The number of amides is 1. The highest BCUT2D eigenvalue weighted by Crippen LogP contribution is 2.29. The molecule has 8 heteroatoms. The molecular weight excluding hydrogens is 313 g/mol. The van der Waals surface area contributed by atoms with Gasteiger partial charge in [0.2, 0.25) is 0 Å². The van der Waals surface area contributed by atoms with Crippen LogP contribution < -0.4 is 0 Å². The number of carboxylic acid groups (broad SMARTS) is 1. The van der Waals surface area contributed by atoms with Gasteiger partial charge in [0.05, 0.1) is 5.56 Å². The third kappa shape index (κ3) is 4.01. The van der Waals surface area contributed by atoms with Gasteiger partial charge in [-0.05, 0) is 25.1 Å². The lowest BCUT2D eigenvalue weighted by molar-refractivity contribution is -0.143. The van der Waals surface area contributed by atoms with Crippen LogP contribution in [-0.2, 0) is 11.0 Å². The summed E-state index contributed by atoms with van der Waals surface area (Å²) >= 11 is 0. The van der Waals surface area contributed by atoms with E-state index in [2.05, 4.69) is 0 Å². The molecule has 0 spiro atoms. The van der Waals surface area contributed by atoms with Crippen molar-refractivity contribution in [1.29, 1.82) is 0 Å². The van der Waals surface area contributed by atoms with Gasteiger partial charge in [-0.25, -0.2) is 0 Å². The standard InChI is InChI=1S/C15H17F3N2O3/c1-10(14(22)23)19-5-7-20(8-6-19)13(21)11-3-2-4-12(9-11)15(16,17)18/h2-4,9-10H,5-8H2,1H3,(H,22,23). The summed E-state index contributed by atoms with van der Waals surface area (Å²) in [6.07, 6.45) is -4.49. The molecule has 1 aliphatic heterocycles. The summed E-state index contributed by atoms with van der Waals surface area (Å²) in [5.41, 5.74) is -0.874. The smallest absolute Gasteiger partial charge is 0.416 e. The molecule has 0 saturated carbocycles. The molecule has 1 heterocycles. The molecule has 1 atom stereocenters. The zero-order valence-corrected chi connectivity index (χ0v) is 12.5. The van der Waals surface area contributed by atoms with Crippen LogP contribution in [0.5, 0.6) is 0 Å². The van der Waals surface area contributed by atoms with Crippen LogP contribution in [0.25, 0.3) is 0 Å². The Labute approximate surface area is 131 Å². The maximum atomic E-state index is 12.7. The molecule has 1 unspecified atom stereocenters. The molecule has 1 fully saturated rings. The Morgan fingerprint density at radius 2 is 1.78 bits per heavy atom. The average molecular weight is 330 g/mol. The van der Waals surface area contributed by atoms with Crippen molar-refractivity contribution in [1.82, 2.24) is 9.80 Å². The van der Waals surface area contributed by atoms with E-state index in [1.807, 2.05) is 0 Å². The molecule has 0 radical (unpaired) electrons. The molecule has 1 aromatic rings. The quantitative estimate of drug-likeness (QED) is 0.920. The van der Waals surface area contributed by atoms with Crippen LogP contribution >= 0.6 is 0 Å². The minimum absolute atomic E-state index is 0.0143. The predicted molar refractivity (Wildman–Crippen MR) is 76.0 cm³/mol. The van der Waals surface area contributed by atoms with Crippen molar-refractivity contribution in [2.24, 2.45) is 0 Å². The molecule has 1 aliphatic rings. The summed E-state index contributed by atoms with van der Waals surface area (Å²) in [6, 6.07) is 3.67. The molecule has 23 heavy (non-hydrogen) atoms. The van der Waals surface area contributed by atoms with Crippen LogP contribution in [0.15, 0.2) is 24.3 Å². The number of aliphatic carboxylic acids is 1. The Kier molecular flexibility index (Phi) is 4.93. The molecule has 126 valence electrons. The van der Waals surface area contributed by atoms with Crippen molar-refractivity contribution >= 4 is 11.9 Å². The van der Waals surface area contributed by atoms with Crippen LogP contribution in [0, 0.1) is 0 Å². The van der Waals surface area contributed by atoms with Crippen LogP contribution in [0.1, 0.15) is 22.8 Å². The van der Waals surface area contributed by atoms with E-state index in [0.717, 1.165) is 12.1 Å². The molecule has 1 saturated heterocycles. The fourth-order valence-corrected chi connectivity index (χ4v) is 2.48. The first-order valence-corrected chi connectivity index (χ1v) is 7.13. The normalized spacial score (nSPS) is 17.8. The fourth-order valence-electron chi connectivity index (χ4n) is 2.48. The molecule has 1 N–H and O–H groups in total. The number of benzene rings is 1. The van der Waals surface area contributed by atoms with Crippen LogP contribution in [0.4, 0.5) is 13.2 Å². The molecule has 1 aromatic carbocycles. The monoisotopic (exact) mass is 330 g/mol.